The van der Waals surface area contributed by atoms with Gasteiger partial charge in [-0.25, -0.2) is 9.37 Å². The van der Waals surface area contributed by atoms with Crippen molar-refractivity contribution < 1.29 is 18.3 Å². The van der Waals surface area contributed by atoms with Gasteiger partial charge in [0.15, 0.2) is 11.6 Å². The summed E-state index contributed by atoms with van der Waals surface area (Å²) in [5.41, 5.74) is 7.22. The van der Waals surface area contributed by atoms with Crippen LogP contribution >= 0.6 is 0 Å². The molecule has 5 rings (SSSR count). The van der Waals surface area contributed by atoms with Gasteiger partial charge in [-0.15, -0.1) is 0 Å². The number of nitrogens with one attached hydrogen (secondary N) is 1. The number of morpholine rings is 1. The molecule has 0 radical (unpaired) electrons. The largest absolute Gasteiger partial charge is 0.453 e. The van der Waals surface area contributed by atoms with E-state index in [0.29, 0.717) is 41.1 Å². The van der Waals surface area contributed by atoms with Gasteiger partial charge in [-0.05, 0) is 35.9 Å². The summed E-state index contributed by atoms with van der Waals surface area (Å²) in [5, 5.41) is 3.25. The van der Waals surface area contributed by atoms with Crippen LogP contribution in [0.3, 0.4) is 0 Å². The highest BCUT2D eigenvalue weighted by molar-refractivity contribution is 5.68. The molecule has 2 aliphatic rings. The number of ether oxygens (including phenoxy) is 2. The molecule has 3 aromatic rings. The molecule has 0 aliphatic carbocycles. The average Bonchev–Trinajstić information content (AvgIpc) is 2.70. The third kappa shape index (κ3) is 2.51. The normalized spacial score (nSPS) is 23.0. The van der Waals surface area contributed by atoms with Crippen molar-refractivity contribution in [2.24, 2.45) is 5.73 Å². The van der Waals surface area contributed by atoms with Gasteiger partial charge in [0.05, 0.1) is 0 Å². The summed E-state index contributed by atoms with van der Waals surface area (Å²) in [4.78, 5) is 3.72. The predicted octanol–water partition coefficient (Wildman–Crippen LogP) is 3.28. The highest BCUT2D eigenvalue weighted by atomic mass is 19.1. The first-order valence-electron chi connectivity index (χ1n) is 8.95. The summed E-state index contributed by atoms with van der Waals surface area (Å²) in [6.45, 7) is 0.853. The first kappa shape index (κ1) is 17.2. The van der Waals surface area contributed by atoms with Gasteiger partial charge < -0.3 is 20.5 Å². The van der Waals surface area contributed by atoms with Crippen LogP contribution in [0.4, 0.5) is 8.78 Å². The lowest BCUT2D eigenvalue weighted by atomic mass is 9.81. The van der Waals surface area contributed by atoms with Gasteiger partial charge in [-0.1, -0.05) is 18.2 Å². The molecule has 1 fully saturated rings. The van der Waals surface area contributed by atoms with E-state index >= 15 is 0 Å². The molecule has 3 heterocycles. The Hall–Kier alpha value is -2.87. The summed E-state index contributed by atoms with van der Waals surface area (Å²) in [6.07, 6.45) is 0.809. The number of nitrogens with zero attached hydrogens (tertiary/aromatic N) is 1. The fourth-order valence-corrected chi connectivity index (χ4v) is 3.94. The van der Waals surface area contributed by atoms with Crippen LogP contribution in [0.5, 0.6) is 11.5 Å². The van der Waals surface area contributed by atoms with Gasteiger partial charge in [0, 0.05) is 36.0 Å². The van der Waals surface area contributed by atoms with Crippen LogP contribution in [-0.4, -0.2) is 24.3 Å². The van der Waals surface area contributed by atoms with E-state index in [2.05, 4.69) is 10.3 Å². The van der Waals surface area contributed by atoms with E-state index in [9.17, 15) is 8.78 Å². The molecule has 1 aromatic heterocycles. The zero-order valence-corrected chi connectivity index (χ0v) is 14.8. The lowest BCUT2D eigenvalue weighted by molar-refractivity contribution is -0.0973. The molecule has 0 amide bonds. The Morgan fingerprint density at radius 3 is 2.82 bits per heavy atom. The van der Waals surface area contributed by atoms with Crippen LogP contribution in [0.2, 0.25) is 0 Å². The molecule has 1 spiro atoms. The number of hydrogen-bond donors (Lipinski definition) is 2. The van der Waals surface area contributed by atoms with E-state index in [1.54, 1.807) is 42.5 Å². The second kappa shape index (κ2) is 6.34. The van der Waals surface area contributed by atoms with Gasteiger partial charge >= 0.3 is 0 Å². The fraction of sp³-hybridized carbons (Fsp3) is 0.190. The molecule has 2 aromatic carbocycles. The molecule has 3 N–H and O–H groups in total. The Morgan fingerprint density at radius 1 is 1.11 bits per heavy atom. The molecule has 142 valence electrons. The lowest BCUT2D eigenvalue weighted by Gasteiger charge is -2.44. The number of benzene rings is 2. The second-order valence-corrected chi connectivity index (χ2v) is 6.89. The number of hydrogen-bond acceptors (Lipinski definition) is 5. The maximum atomic E-state index is 14.5. The van der Waals surface area contributed by atoms with Crippen LogP contribution in [0, 0.1) is 11.8 Å². The summed E-state index contributed by atoms with van der Waals surface area (Å²) in [5.74, 6) is -0.487. The summed E-state index contributed by atoms with van der Waals surface area (Å²) in [6, 6.07) is 13.2. The van der Waals surface area contributed by atoms with E-state index in [0.717, 1.165) is 0 Å². The third-order valence-corrected chi connectivity index (χ3v) is 5.17. The van der Waals surface area contributed by atoms with Crippen LogP contribution in [0.15, 0.2) is 54.7 Å². The van der Waals surface area contributed by atoms with Crippen LogP contribution in [-0.2, 0) is 10.3 Å². The Balaban J connectivity index is 1.74. The minimum absolute atomic E-state index is 0.117. The minimum atomic E-state index is -1.04. The topological polar surface area (TPSA) is 69.4 Å². The quantitative estimate of drug-likeness (QED) is 0.633. The van der Waals surface area contributed by atoms with Gasteiger partial charge in [0.25, 0.3) is 0 Å². The number of fused-ring (bicyclic) bond motifs is 4. The number of aromatic nitrogens is 1. The van der Waals surface area contributed by atoms with Crippen molar-refractivity contribution in [1.82, 2.24) is 10.3 Å². The zero-order chi connectivity index (χ0) is 19.3. The molecule has 7 heteroatoms. The van der Waals surface area contributed by atoms with Crippen molar-refractivity contribution in [3.8, 4) is 22.6 Å². The Labute approximate surface area is 160 Å². The van der Waals surface area contributed by atoms with Gasteiger partial charge in [0.2, 0.25) is 5.95 Å². The second-order valence-electron chi connectivity index (χ2n) is 6.89. The van der Waals surface area contributed by atoms with E-state index in [1.807, 2.05) is 0 Å². The fourth-order valence-electron chi connectivity index (χ4n) is 3.94. The average molecular weight is 381 g/mol. The summed E-state index contributed by atoms with van der Waals surface area (Å²) < 4.78 is 40.8. The standard InChI is InChI=1S/C21H17F2N3O2/c22-16-5-1-4-14-19(16)27-17-7-6-12(13-3-2-8-26-20(13)23)9-15(17)21(14)11-25-10-18(24)28-21/h1-9,18,25H,10-11,24H2. The van der Waals surface area contributed by atoms with E-state index in [1.165, 1.54) is 12.3 Å². The van der Waals surface area contributed by atoms with Crippen molar-refractivity contribution in [3.63, 3.8) is 0 Å². The minimum Gasteiger partial charge on any atom is -0.453 e. The van der Waals surface area contributed by atoms with Crippen LogP contribution in [0.25, 0.3) is 11.1 Å². The van der Waals surface area contributed by atoms with Crippen molar-refractivity contribution in [3.05, 3.63) is 77.6 Å². The van der Waals surface area contributed by atoms with Gasteiger partial charge in [-0.2, -0.15) is 4.39 Å². The lowest BCUT2D eigenvalue weighted by Crippen LogP contribution is -2.56. The van der Waals surface area contributed by atoms with Crippen molar-refractivity contribution in [2.75, 3.05) is 13.1 Å². The zero-order valence-electron chi connectivity index (χ0n) is 14.8. The maximum Gasteiger partial charge on any atom is 0.220 e. The molecule has 0 bridgehead atoms. The molecule has 0 saturated carbocycles. The maximum absolute atomic E-state index is 14.5. The Morgan fingerprint density at radius 2 is 2.00 bits per heavy atom. The number of nitrogens with two attached hydrogens (primary N) is 1. The molecule has 2 unspecified atom stereocenters. The molecular formula is C21H17F2N3O2. The van der Waals surface area contributed by atoms with E-state index in [-0.39, 0.29) is 5.75 Å². The molecule has 5 nitrogen and oxygen atoms in total. The SMILES string of the molecule is NC1CNCC2(O1)c1cc(-c3cccnc3F)ccc1Oc1c(F)cccc12. The summed E-state index contributed by atoms with van der Waals surface area (Å²) >= 11 is 0. The Bertz CT molecular complexity index is 1080. The van der Waals surface area contributed by atoms with Gasteiger partial charge in [0.1, 0.15) is 17.6 Å². The monoisotopic (exact) mass is 381 g/mol. The molecule has 2 atom stereocenters. The number of para-hydroxylation sites is 1. The summed E-state index contributed by atoms with van der Waals surface area (Å²) in [7, 11) is 0. The predicted molar refractivity (Wildman–Crippen MR) is 98.8 cm³/mol. The van der Waals surface area contributed by atoms with E-state index in [4.69, 9.17) is 15.2 Å². The van der Waals surface area contributed by atoms with Crippen LogP contribution in [0.1, 0.15) is 11.1 Å². The van der Waals surface area contributed by atoms with Crippen molar-refractivity contribution >= 4 is 0 Å². The number of pyridine rings is 1. The number of halogens is 2. The van der Waals surface area contributed by atoms with Crippen LogP contribution < -0.4 is 15.8 Å². The highest BCUT2D eigenvalue weighted by Crippen LogP contribution is 2.51. The van der Waals surface area contributed by atoms with E-state index < -0.39 is 23.6 Å². The molecular weight excluding hydrogens is 364 g/mol. The first-order valence-corrected chi connectivity index (χ1v) is 8.95. The number of rotatable bonds is 1. The van der Waals surface area contributed by atoms with Crippen molar-refractivity contribution in [2.45, 2.75) is 11.8 Å². The Kier molecular flexibility index (Phi) is 3.90. The smallest absolute Gasteiger partial charge is 0.220 e. The van der Waals surface area contributed by atoms with Gasteiger partial charge in [-0.3, -0.25) is 0 Å². The molecule has 1 saturated heterocycles. The highest BCUT2D eigenvalue weighted by Gasteiger charge is 2.47. The third-order valence-electron chi connectivity index (χ3n) is 5.17. The molecule has 28 heavy (non-hydrogen) atoms. The van der Waals surface area contributed by atoms with Crippen molar-refractivity contribution in [1.29, 1.82) is 0 Å². The molecule has 2 aliphatic heterocycles. The first-order chi connectivity index (χ1) is 13.6.